The molecule has 0 spiro atoms. The number of nitrogens with one attached hydrogen (secondary N) is 1. The van der Waals surface area contributed by atoms with Crippen molar-refractivity contribution >= 4 is 29.1 Å². The molecule has 3 rings (SSSR count). The van der Waals surface area contributed by atoms with Gasteiger partial charge in [-0.05, 0) is 50.5 Å². The molecule has 3 aromatic rings. The summed E-state index contributed by atoms with van der Waals surface area (Å²) in [6.45, 7) is 1.21. The molecule has 0 saturated carbocycles. The van der Waals surface area contributed by atoms with Gasteiger partial charge in [-0.3, -0.25) is 4.79 Å². The third-order valence-electron chi connectivity index (χ3n) is 4.62. The summed E-state index contributed by atoms with van der Waals surface area (Å²) in [5, 5.41) is 8.39. The molecule has 0 atom stereocenters. The first-order valence-electron chi connectivity index (χ1n) is 9.55. The van der Waals surface area contributed by atoms with E-state index in [1.54, 1.807) is 49.2 Å². The molecule has 0 aliphatic heterocycles. The molecular formula is C22H24Cl2N4O3. The van der Waals surface area contributed by atoms with Crippen LogP contribution in [0.3, 0.4) is 0 Å². The molecule has 0 aliphatic carbocycles. The van der Waals surface area contributed by atoms with Crippen LogP contribution in [0.1, 0.15) is 10.5 Å². The number of rotatable bonds is 8. The van der Waals surface area contributed by atoms with Crippen molar-refractivity contribution in [2.45, 2.75) is 0 Å². The second-order valence-corrected chi connectivity index (χ2v) is 7.86. The van der Waals surface area contributed by atoms with Crippen molar-refractivity contribution in [3.8, 4) is 28.4 Å². The van der Waals surface area contributed by atoms with Gasteiger partial charge in [-0.2, -0.15) is 5.10 Å². The van der Waals surface area contributed by atoms with E-state index in [9.17, 15) is 4.79 Å². The van der Waals surface area contributed by atoms with Gasteiger partial charge >= 0.3 is 0 Å². The predicted octanol–water partition coefficient (Wildman–Crippen LogP) is 4.15. The summed E-state index contributed by atoms with van der Waals surface area (Å²) < 4.78 is 12.3. The molecule has 0 fully saturated rings. The zero-order valence-corrected chi connectivity index (χ0v) is 19.3. The van der Waals surface area contributed by atoms with Crippen molar-refractivity contribution in [1.29, 1.82) is 0 Å². The van der Waals surface area contributed by atoms with Crippen LogP contribution in [-0.4, -0.2) is 62.0 Å². The number of nitrogens with zero attached hydrogens (tertiary/aromatic N) is 3. The average Bonchev–Trinajstić information content (AvgIpc) is 3.20. The Morgan fingerprint density at radius 2 is 1.84 bits per heavy atom. The molecule has 0 bridgehead atoms. The molecule has 0 unspecified atom stereocenters. The van der Waals surface area contributed by atoms with E-state index >= 15 is 0 Å². The van der Waals surface area contributed by atoms with E-state index < -0.39 is 0 Å². The van der Waals surface area contributed by atoms with Crippen molar-refractivity contribution in [3.63, 3.8) is 0 Å². The minimum Gasteiger partial charge on any atom is -0.497 e. The van der Waals surface area contributed by atoms with Gasteiger partial charge in [0.05, 0.1) is 35.6 Å². The maximum absolute atomic E-state index is 13.0. The van der Waals surface area contributed by atoms with Crippen LogP contribution < -0.4 is 14.8 Å². The van der Waals surface area contributed by atoms with Crippen molar-refractivity contribution in [2.24, 2.45) is 0 Å². The van der Waals surface area contributed by atoms with Gasteiger partial charge in [0, 0.05) is 24.7 Å². The molecule has 164 valence electrons. The molecule has 1 aromatic heterocycles. The fraction of sp³-hybridized carbons (Fsp3) is 0.273. The van der Waals surface area contributed by atoms with Gasteiger partial charge in [0.15, 0.2) is 0 Å². The van der Waals surface area contributed by atoms with Crippen LogP contribution in [0.15, 0.2) is 42.5 Å². The third-order valence-corrected chi connectivity index (χ3v) is 5.36. The number of carbonyl (C=O) groups excluding carboxylic acids is 1. The van der Waals surface area contributed by atoms with Gasteiger partial charge in [0.1, 0.15) is 17.2 Å². The summed E-state index contributed by atoms with van der Waals surface area (Å²) in [5.41, 5.74) is 2.28. The zero-order valence-electron chi connectivity index (χ0n) is 17.8. The number of amides is 1. The lowest BCUT2D eigenvalue weighted by molar-refractivity contribution is 0.0943. The van der Waals surface area contributed by atoms with Gasteiger partial charge in [-0.1, -0.05) is 23.2 Å². The summed E-state index contributed by atoms with van der Waals surface area (Å²) in [6, 6.07) is 12.2. The van der Waals surface area contributed by atoms with Crippen molar-refractivity contribution in [3.05, 3.63) is 58.2 Å². The van der Waals surface area contributed by atoms with Crippen LogP contribution in [0.4, 0.5) is 0 Å². The van der Waals surface area contributed by atoms with Gasteiger partial charge in [-0.25, -0.2) is 4.68 Å². The fourth-order valence-electron chi connectivity index (χ4n) is 2.98. The van der Waals surface area contributed by atoms with E-state index in [0.29, 0.717) is 51.7 Å². The molecule has 0 saturated heterocycles. The smallest absolute Gasteiger partial charge is 0.270 e. The number of carbonyl (C=O) groups is 1. The highest BCUT2D eigenvalue weighted by molar-refractivity contribution is 6.42. The van der Waals surface area contributed by atoms with Crippen molar-refractivity contribution in [2.75, 3.05) is 41.4 Å². The third kappa shape index (κ3) is 5.31. The highest BCUT2D eigenvalue weighted by Crippen LogP contribution is 2.34. The largest absolute Gasteiger partial charge is 0.497 e. The van der Waals surface area contributed by atoms with Crippen molar-refractivity contribution < 1.29 is 14.3 Å². The summed E-state index contributed by atoms with van der Waals surface area (Å²) in [5.74, 6) is 0.989. The summed E-state index contributed by atoms with van der Waals surface area (Å²) in [7, 11) is 7.05. The lowest BCUT2D eigenvalue weighted by Crippen LogP contribution is -2.32. The van der Waals surface area contributed by atoms with Crippen LogP contribution in [0.25, 0.3) is 16.9 Å². The first kappa shape index (κ1) is 22.9. The molecular weight excluding hydrogens is 439 g/mol. The normalized spacial score (nSPS) is 10.9. The van der Waals surface area contributed by atoms with Crippen LogP contribution in [0, 0.1) is 0 Å². The lowest BCUT2D eigenvalue weighted by Gasteiger charge is -2.11. The first-order valence-corrected chi connectivity index (χ1v) is 10.3. The average molecular weight is 463 g/mol. The molecule has 2 aromatic carbocycles. The quantitative estimate of drug-likeness (QED) is 0.544. The van der Waals surface area contributed by atoms with Crippen LogP contribution in [0.5, 0.6) is 11.5 Å². The maximum atomic E-state index is 13.0. The second-order valence-electron chi connectivity index (χ2n) is 7.05. The maximum Gasteiger partial charge on any atom is 0.270 e. The highest BCUT2D eigenvalue weighted by atomic mass is 35.5. The Morgan fingerprint density at radius 3 is 2.48 bits per heavy atom. The number of likely N-dealkylation sites (N-methyl/N-ethyl adjacent to an activating group) is 1. The Balaban J connectivity index is 2.07. The van der Waals surface area contributed by atoms with Gasteiger partial charge < -0.3 is 19.7 Å². The minimum absolute atomic E-state index is 0.251. The second kappa shape index (κ2) is 10.0. The monoisotopic (exact) mass is 462 g/mol. The van der Waals surface area contributed by atoms with Crippen LogP contribution >= 0.6 is 23.2 Å². The van der Waals surface area contributed by atoms with Gasteiger partial charge in [0.2, 0.25) is 0 Å². The Morgan fingerprint density at radius 1 is 1.06 bits per heavy atom. The Labute approximate surface area is 191 Å². The fourth-order valence-corrected chi connectivity index (χ4v) is 3.27. The van der Waals surface area contributed by atoms with E-state index in [-0.39, 0.29) is 5.91 Å². The van der Waals surface area contributed by atoms with E-state index in [1.807, 2.05) is 31.1 Å². The summed E-state index contributed by atoms with van der Waals surface area (Å²) in [6.07, 6.45) is 0. The molecule has 7 nitrogen and oxygen atoms in total. The van der Waals surface area contributed by atoms with Crippen LogP contribution in [-0.2, 0) is 0 Å². The number of halogens is 2. The van der Waals surface area contributed by atoms with Gasteiger partial charge in [-0.15, -0.1) is 0 Å². The lowest BCUT2D eigenvalue weighted by atomic mass is 10.1. The van der Waals surface area contributed by atoms with Crippen molar-refractivity contribution in [1.82, 2.24) is 20.0 Å². The highest BCUT2D eigenvalue weighted by Gasteiger charge is 2.20. The Hall–Kier alpha value is -2.74. The molecule has 0 radical (unpaired) electrons. The van der Waals surface area contributed by atoms with Crippen LogP contribution in [0.2, 0.25) is 10.0 Å². The number of hydrogen-bond donors (Lipinski definition) is 1. The SMILES string of the molecule is COc1ccc(-c2cc(C(=O)NCCN(C)C)n(-c3ccc(Cl)c(Cl)c3)n2)c(OC)c1. The topological polar surface area (TPSA) is 68.6 Å². The molecule has 0 aliphatic rings. The standard InChI is InChI=1S/C22H24Cl2N4O3/c1-27(2)10-9-25-22(29)20-13-19(16-7-6-15(30-3)12-21(16)31-4)26-28(20)14-5-8-17(23)18(24)11-14/h5-8,11-13H,9-10H2,1-4H3,(H,25,29). The molecule has 9 heteroatoms. The molecule has 31 heavy (non-hydrogen) atoms. The number of benzene rings is 2. The number of ether oxygens (including phenoxy) is 2. The Bertz CT molecular complexity index is 1080. The zero-order chi connectivity index (χ0) is 22.5. The van der Waals surface area contributed by atoms with E-state index in [4.69, 9.17) is 32.7 Å². The summed E-state index contributed by atoms with van der Waals surface area (Å²) >= 11 is 12.3. The van der Waals surface area contributed by atoms with E-state index in [2.05, 4.69) is 10.4 Å². The molecule has 1 amide bonds. The molecule has 1 heterocycles. The van der Waals surface area contributed by atoms with E-state index in [1.165, 1.54) is 0 Å². The number of hydrogen-bond acceptors (Lipinski definition) is 5. The number of aromatic nitrogens is 2. The predicted molar refractivity (Wildman–Crippen MR) is 123 cm³/mol. The molecule has 1 N–H and O–H groups in total. The van der Waals surface area contributed by atoms with Gasteiger partial charge in [0.25, 0.3) is 5.91 Å². The van der Waals surface area contributed by atoms with E-state index in [0.717, 1.165) is 5.56 Å². The minimum atomic E-state index is -0.251. The summed E-state index contributed by atoms with van der Waals surface area (Å²) in [4.78, 5) is 15.0. The number of methoxy groups -OCH3 is 2. The Kier molecular flexibility index (Phi) is 7.43. The first-order chi connectivity index (χ1) is 14.8.